The van der Waals surface area contributed by atoms with Gasteiger partial charge >= 0.3 is 0 Å². The van der Waals surface area contributed by atoms with Gasteiger partial charge in [0, 0.05) is 33.8 Å². The van der Waals surface area contributed by atoms with Crippen molar-refractivity contribution >= 4 is 22.6 Å². The summed E-state index contributed by atoms with van der Waals surface area (Å²) in [4.78, 5) is 18.3. The van der Waals surface area contributed by atoms with Crippen LogP contribution in [0.2, 0.25) is 5.02 Å². The van der Waals surface area contributed by atoms with Crippen LogP contribution >= 0.6 is 11.6 Å². The number of aryl methyl sites for hydroxylation is 2. The maximum atomic E-state index is 13.6. The number of aromatic nitrogens is 2. The summed E-state index contributed by atoms with van der Waals surface area (Å²) in [6.07, 6.45) is 1.94. The molecule has 0 amide bonds. The lowest BCUT2D eigenvalue weighted by molar-refractivity contribution is 0.456. The van der Waals surface area contributed by atoms with Crippen LogP contribution in [0, 0.1) is 6.92 Å². The lowest BCUT2D eigenvalue weighted by atomic mass is 9.84. The highest BCUT2D eigenvalue weighted by Crippen LogP contribution is 2.37. The topological polar surface area (TPSA) is 46.9 Å². The van der Waals surface area contributed by atoms with E-state index in [1.54, 1.807) is 0 Å². The van der Waals surface area contributed by atoms with Crippen LogP contribution in [0.1, 0.15) is 36.9 Å². The van der Waals surface area contributed by atoms with Crippen molar-refractivity contribution in [2.24, 2.45) is 0 Å². The number of rotatable bonds is 3. The summed E-state index contributed by atoms with van der Waals surface area (Å²) in [5.74, 6) is 0.247. The van der Waals surface area contributed by atoms with E-state index in [4.69, 9.17) is 16.6 Å². The number of nitrogens with zero attached hydrogens (tertiary/aromatic N) is 2. The molecule has 1 saturated heterocycles. The molecule has 1 aliphatic heterocycles. The van der Waals surface area contributed by atoms with E-state index in [0.29, 0.717) is 11.6 Å². The van der Waals surface area contributed by atoms with Crippen LogP contribution in [0.3, 0.4) is 0 Å². The first-order valence-corrected chi connectivity index (χ1v) is 9.98. The molecule has 1 aromatic carbocycles. The minimum absolute atomic E-state index is 0.0879. The van der Waals surface area contributed by atoms with E-state index in [1.807, 2.05) is 48.7 Å². The maximum Gasteiger partial charge on any atom is 0.256 e. The van der Waals surface area contributed by atoms with E-state index in [0.717, 1.165) is 59.3 Å². The lowest BCUT2D eigenvalue weighted by Gasteiger charge is -2.26. The molecule has 1 fully saturated rings. The lowest BCUT2D eigenvalue weighted by Crippen LogP contribution is -2.33. The minimum Gasteiger partial charge on any atom is -0.317 e. The van der Waals surface area contributed by atoms with Crippen LogP contribution in [0.15, 0.2) is 41.2 Å². The number of benzene rings is 1. The third-order valence-corrected chi connectivity index (χ3v) is 5.70. The van der Waals surface area contributed by atoms with E-state index in [-0.39, 0.29) is 11.5 Å². The van der Waals surface area contributed by atoms with Gasteiger partial charge in [0.05, 0.1) is 0 Å². The summed E-state index contributed by atoms with van der Waals surface area (Å²) in [6.45, 7) is 6.46. The molecule has 5 heteroatoms. The van der Waals surface area contributed by atoms with Crippen molar-refractivity contribution in [3.63, 3.8) is 0 Å². The Kier molecular flexibility index (Phi) is 5.02. The van der Waals surface area contributed by atoms with Gasteiger partial charge in [-0.1, -0.05) is 23.7 Å². The van der Waals surface area contributed by atoms with Crippen molar-refractivity contribution in [2.45, 2.75) is 39.2 Å². The molecule has 0 radical (unpaired) electrons. The fourth-order valence-electron chi connectivity index (χ4n) is 4.18. The van der Waals surface area contributed by atoms with Gasteiger partial charge in [0.15, 0.2) is 0 Å². The Balaban J connectivity index is 2.12. The Morgan fingerprint density at radius 1 is 1.22 bits per heavy atom. The molecule has 27 heavy (non-hydrogen) atoms. The third kappa shape index (κ3) is 3.28. The van der Waals surface area contributed by atoms with Gasteiger partial charge in [-0.15, -0.1) is 0 Å². The molecule has 3 aromatic rings. The van der Waals surface area contributed by atoms with E-state index in [9.17, 15) is 4.79 Å². The quantitative estimate of drug-likeness (QED) is 0.726. The molecular weight excluding hydrogens is 358 g/mol. The fourth-order valence-corrected chi connectivity index (χ4v) is 4.37. The molecule has 1 N–H and O–H groups in total. The highest BCUT2D eigenvalue weighted by atomic mass is 35.5. The largest absolute Gasteiger partial charge is 0.317 e. The first-order valence-electron chi connectivity index (χ1n) is 9.61. The molecule has 0 atom stereocenters. The van der Waals surface area contributed by atoms with Gasteiger partial charge < -0.3 is 5.32 Å². The molecular formula is C22H24ClN3O. The second-order valence-corrected chi connectivity index (χ2v) is 7.63. The molecule has 140 valence electrons. The van der Waals surface area contributed by atoms with E-state index in [2.05, 4.69) is 11.4 Å². The Morgan fingerprint density at radius 2 is 2.00 bits per heavy atom. The zero-order valence-corrected chi connectivity index (χ0v) is 16.5. The summed E-state index contributed by atoms with van der Waals surface area (Å²) in [5.41, 5.74) is 4.67. The van der Waals surface area contributed by atoms with Gasteiger partial charge in [-0.05, 0) is 75.5 Å². The standard InChI is InChI=1S/C22H24ClN3O/c1-3-26-21-18(8-7-14(2)25-21)19(16-5-4-6-17(23)13-16)20(22(26)27)15-9-11-24-12-10-15/h4-8,13,15,24H,3,9-12H2,1-2H3. The summed E-state index contributed by atoms with van der Waals surface area (Å²) >= 11 is 6.30. The first-order chi connectivity index (χ1) is 13.1. The average Bonchev–Trinajstić information content (AvgIpc) is 2.67. The van der Waals surface area contributed by atoms with Crippen molar-refractivity contribution in [2.75, 3.05) is 13.1 Å². The SMILES string of the molecule is CCn1c(=O)c(C2CCNCC2)c(-c2cccc(Cl)c2)c2ccc(C)nc21. The van der Waals surface area contributed by atoms with Crippen LogP contribution in [0.5, 0.6) is 0 Å². The van der Waals surface area contributed by atoms with E-state index in [1.165, 1.54) is 0 Å². The highest BCUT2D eigenvalue weighted by Gasteiger charge is 2.26. The molecule has 0 spiro atoms. The Hall–Kier alpha value is -2.17. The second kappa shape index (κ2) is 7.45. The van der Waals surface area contributed by atoms with Gasteiger partial charge in [-0.2, -0.15) is 0 Å². The van der Waals surface area contributed by atoms with E-state index < -0.39 is 0 Å². The number of hydrogen-bond acceptors (Lipinski definition) is 3. The van der Waals surface area contributed by atoms with Crippen molar-refractivity contribution in [3.05, 3.63) is 63.0 Å². The zero-order chi connectivity index (χ0) is 19.0. The molecule has 2 aromatic heterocycles. The third-order valence-electron chi connectivity index (χ3n) is 5.46. The molecule has 1 aliphatic rings. The first kappa shape index (κ1) is 18.2. The molecule has 0 bridgehead atoms. The number of fused-ring (bicyclic) bond motifs is 1. The second-order valence-electron chi connectivity index (χ2n) is 7.20. The summed E-state index contributed by atoms with van der Waals surface area (Å²) in [6, 6.07) is 11.9. The number of nitrogens with one attached hydrogen (secondary N) is 1. The molecule has 4 rings (SSSR count). The van der Waals surface area contributed by atoms with Crippen molar-refractivity contribution in [1.82, 2.24) is 14.9 Å². The van der Waals surface area contributed by atoms with Gasteiger partial charge in [0.2, 0.25) is 0 Å². The highest BCUT2D eigenvalue weighted by molar-refractivity contribution is 6.30. The zero-order valence-electron chi connectivity index (χ0n) is 15.8. The predicted molar refractivity (Wildman–Crippen MR) is 112 cm³/mol. The predicted octanol–water partition coefficient (Wildman–Crippen LogP) is 4.51. The number of piperidine rings is 1. The van der Waals surface area contributed by atoms with Crippen LogP contribution < -0.4 is 10.9 Å². The number of pyridine rings is 2. The summed E-state index contributed by atoms with van der Waals surface area (Å²) in [5, 5.41) is 5.11. The van der Waals surface area contributed by atoms with Crippen molar-refractivity contribution in [1.29, 1.82) is 0 Å². The molecule has 0 aliphatic carbocycles. The van der Waals surface area contributed by atoms with E-state index >= 15 is 0 Å². The van der Waals surface area contributed by atoms with Crippen molar-refractivity contribution in [3.8, 4) is 11.1 Å². The van der Waals surface area contributed by atoms with Crippen LogP contribution in [0.25, 0.3) is 22.2 Å². The fraction of sp³-hybridized carbons (Fsp3) is 0.364. The molecule has 0 saturated carbocycles. The van der Waals surface area contributed by atoms with Gasteiger partial charge in [0.1, 0.15) is 5.65 Å². The number of hydrogen-bond donors (Lipinski definition) is 1. The minimum atomic E-state index is 0.0879. The Morgan fingerprint density at radius 3 is 2.70 bits per heavy atom. The smallest absolute Gasteiger partial charge is 0.256 e. The molecule has 0 unspecified atom stereocenters. The van der Waals surface area contributed by atoms with Crippen LogP contribution in [-0.2, 0) is 6.54 Å². The molecule has 4 nitrogen and oxygen atoms in total. The average molecular weight is 382 g/mol. The van der Waals surface area contributed by atoms with Crippen molar-refractivity contribution < 1.29 is 0 Å². The Labute approximate surface area is 164 Å². The summed E-state index contributed by atoms with van der Waals surface area (Å²) < 4.78 is 1.83. The normalized spacial score (nSPS) is 15.4. The van der Waals surface area contributed by atoms with Crippen LogP contribution in [0.4, 0.5) is 0 Å². The van der Waals surface area contributed by atoms with Gasteiger partial charge in [-0.25, -0.2) is 4.98 Å². The summed E-state index contributed by atoms with van der Waals surface area (Å²) in [7, 11) is 0. The number of halogens is 1. The Bertz CT molecular complexity index is 1050. The van der Waals surface area contributed by atoms with Gasteiger partial charge in [-0.3, -0.25) is 9.36 Å². The monoisotopic (exact) mass is 381 g/mol. The maximum absolute atomic E-state index is 13.6. The van der Waals surface area contributed by atoms with Crippen LogP contribution in [-0.4, -0.2) is 22.6 Å². The van der Waals surface area contributed by atoms with Gasteiger partial charge in [0.25, 0.3) is 5.56 Å². The molecule has 3 heterocycles.